The fraction of sp³-hybridized carbons (Fsp3) is 0.133. The van der Waals surface area contributed by atoms with Crippen molar-refractivity contribution in [2.75, 3.05) is 12.4 Å². The van der Waals surface area contributed by atoms with Crippen LogP contribution in [0, 0.1) is 17.0 Å². The summed E-state index contributed by atoms with van der Waals surface area (Å²) in [6.07, 6.45) is -1.19. The first-order valence-corrected chi connectivity index (χ1v) is 6.51. The van der Waals surface area contributed by atoms with E-state index in [0.29, 0.717) is 28.5 Å². The predicted octanol–water partition coefficient (Wildman–Crippen LogP) is 3.79. The highest BCUT2D eigenvalue weighted by Crippen LogP contribution is 2.35. The largest absolute Gasteiger partial charge is 0.493 e. The Labute approximate surface area is 131 Å². The zero-order valence-electron chi connectivity index (χ0n) is 12.4. The number of ether oxygens (including phenoxy) is 2. The number of nitrogens with one attached hydrogen (secondary N) is 1. The Morgan fingerprint density at radius 2 is 1.87 bits per heavy atom. The van der Waals surface area contributed by atoms with E-state index in [9.17, 15) is 14.9 Å². The number of anilines is 1. The SMILES string of the molecule is COc1cc(NC(=O)O)ccc1Oc1ccc([N+](=O)[O-])cc1C. The second kappa shape index (κ2) is 6.65. The maximum atomic E-state index is 10.7. The average Bonchev–Trinajstić information content (AvgIpc) is 2.49. The molecule has 0 spiro atoms. The van der Waals surface area contributed by atoms with Gasteiger partial charge in [-0.3, -0.25) is 15.4 Å². The minimum absolute atomic E-state index is 0.0252. The standard InChI is InChI=1S/C15H14N2O6/c1-9-7-11(17(20)21)4-6-12(9)23-13-5-3-10(16-15(18)19)8-14(13)22-2/h3-8,16H,1-2H3,(H,18,19). The molecule has 0 atom stereocenters. The number of hydrogen-bond donors (Lipinski definition) is 2. The smallest absolute Gasteiger partial charge is 0.409 e. The van der Waals surface area contributed by atoms with Crippen molar-refractivity contribution in [3.8, 4) is 17.2 Å². The summed E-state index contributed by atoms with van der Waals surface area (Å²) in [6.45, 7) is 1.69. The van der Waals surface area contributed by atoms with Crippen molar-refractivity contribution in [2.24, 2.45) is 0 Å². The van der Waals surface area contributed by atoms with Crippen molar-refractivity contribution in [3.05, 3.63) is 52.1 Å². The van der Waals surface area contributed by atoms with Gasteiger partial charge in [-0.25, -0.2) is 4.79 Å². The van der Waals surface area contributed by atoms with Gasteiger partial charge in [-0.2, -0.15) is 0 Å². The molecular formula is C15H14N2O6. The van der Waals surface area contributed by atoms with Crippen LogP contribution in [0.4, 0.5) is 16.2 Å². The maximum absolute atomic E-state index is 10.7. The number of nitro groups is 1. The maximum Gasteiger partial charge on any atom is 0.409 e. The molecule has 0 saturated heterocycles. The molecule has 2 N–H and O–H groups in total. The van der Waals surface area contributed by atoms with E-state index in [2.05, 4.69) is 5.32 Å². The van der Waals surface area contributed by atoms with Crippen LogP contribution < -0.4 is 14.8 Å². The molecule has 0 saturated carbocycles. The highest BCUT2D eigenvalue weighted by Gasteiger charge is 2.12. The first kappa shape index (κ1) is 16.1. The van der Waals surface area contributed by atoms with E-state index in [-0.39, 0.29) is 5.69 Å². The number of methoxy groups -OCH3 is 1. The molecule has 0 radical (unpaired) electrons. The number of amides is 1. The van der Waals surface area contributed by atoms with Crippen molar-refractivity contribution >= 4 is 17.5 Å². The van der Waals surface area contributed by atoms with Gasteiger partial charge in [0.15, 0.2) is 11.5 Å². The second-order valence-electron chi connectivity index (χ2n) is 4.60. The van der Waals surface area contributed by atoms with Crippen LogP contribution in [0.15, 0.2) is 36.4 Å². The van der Waals surface area contributed by atoms with Crippen molar-refractivity contribution in [1.29, 1.82) is 0 Å². The lowest BCUT2D eigenvalue weighted by atomic mass is 10.2. The van der Waals surface area contributed by atoms with Gasteiger partial charge in [-0.1, -0.05) is 0 Å². The van der Waals surface area contributed by atoms with E-state index >= 15 is 0 Å². The zero-order chi connectivity index (χ0) is 17.0. The lowest BCUT2D eigenvalue weighted by Gasteiger charge is -2.13. The van der Waals surface area contributed by atoms with Crippen LogP contribution in [0.1, 0.15) is 5.56 Å². The lowest BCUT2D eigenvalue weighted by molar-refractivity contribution is -0.384. The van der Waals surface area contributed by atoms with Crippen LogP contribution in [0.25, 0.3) is 0 Å². The van der Waals surface area contributed by atoms with E-state index < -0.39 is 11.0 Å². The molecule has 23 heavy (non-hydrogen) atoms. The topological polar surface area (TPSA) is 111 Å². The molecule has 2 rings (SSSR count). The highest BCUT2D eigenvalue weighted by atomic mass is 16.6. The van der Waals surface area contributed by atoms with Crippen LogP contribution in [-0.2, 0) is 0 Å². The first-order valence-electron chi connectivity index (χ1n) is 6.51. The van der Waals surface area contributed by atoms with Gasteiger partial charge in [0.1, 0.15) is 5.75 Å². The Balaban J connectivity index is 2.29. The summed E-state index contributed by atoms with van der Waals surface area (Å²) < 4.78 is 10.9. The monoisotopic (exact) mass is 318 g/mol. The minimum atomic E-state index is -1.19. The summed E-state index contributed by atoms with van der Waals surface area (Å²) in [6, 6.07) is 8.79. The van der Waals surface area contributed by atoms with Gasteiger partial charge in [0.25, 0.3) is 5.69 Å². The third kappa shape index (κ3) is 3.88. The Kier molecular flexibility index (Phi) is 4.65. The van der Waals surface area contributed by atoms with Crippen molar-refractivity contribution < 1.29 is 24.3 Å². The van der Waals surface area contributed by atoms with Crippen molar-refractivity contribution in [1.82, 2.24) is 0 Å². The molecule has 0 aliphatic heterocycles. The molecule has 0 aliphatic rings. The molecule has 0 unspecified atom stereocenters. The number of hydrogen-bond acceptors (Lipinski definition) is 5. The van der Waals surface area contributed by atoms with E-state index in [0.717, 1.165) is 0 Å². The number of benzene rings is 2. The Morgan fingerprint density at radius 1 is 1.17 bits per heavy atom. The summed E-state index contributed by atoms with van der Waals surface area (Å²) in [5, 5.41) is 21.7. The molecule has 0 bridgehead atoms. The van der Waals surface area contributed by atoms with Gasteiger partial charge < -0.3 is 14.6 Å². The molecule has 2 aromatic carbocycles. The van der Waals surface area contributed by atoms with Crippen LogP contribution in [0.2, 0.25) is 0 Å². The number of nitro benzene ring substituents is 1. The number of nitrogens with zero attached hydrogens (tertiary/aromatic N) is 1. The van der Waals surface area contributed by atoms with Gasteiger partial charge in [0, 0.05) is 23.9 Å². The normalized spacial score (nSPS) is 10.0. The summed E-state index contributed by atoms with van der Waals surface area (Å²) in [4.78, 5) is 20.9. The van der Waals surface area contributed by atoms with Crippen molar-refractivity contribution in [2.45, 2.75) is 6.92 Å². The minimum Gasteiger partial charge on any atom is -0.493 e. The third-order valence-corrected chi connectivity index (χ3v) is 3.00. The number of rotatable bonds is 5. The molecular weight excluding hydrogens is 304 g/mol. The molecule has 2 aromatic rings. The van der Waals surface area contributed by atoms with Crippen LogP contribution in [-0.4, -0.2) is 23.2 Å². The number of carboxylic acid groups (broad SMARTS) is 1. The number of aryl methyl sites for hydroxylation is 1. The fourth-order valence-corrected chi connectivity index (χ4v) is 1.93. The summed E-state index contributed by atoms with van der Waals surface area (Å²) >= 11 is 0. The molecule has 0 aromatic heterocycles. The molecule has 0 heterocycles. The summed E-state index contributed by atoms with van der Waals surface area (Å²) in [7, 11) is 1.43. The average molecular weight is 318 g/mol. The number of non-ortho nitro benzene ring substituents is 1. The number of carbonyl (C=O) groups is 1. The second-order valence-corrected chi connectivity index (χ2v) is 4.60. The molecule has 8 nitrogen and oxygen atoms in total. The van der Waals surface area contributed by atoms with Gasteiger partial charge in [-0.15, -0.1) is 0 Å². The van der Waals surface area contributed by atoms with E-state index in [4.69, 9.17) is 14.6 Å². The van der Waals surface area contributed by atoms with E-state index in [1.165, 1.54) is 37.4 Å². The molecule has 8 heteroatoms. The Hall–Kier alpha value is -3.29. The fourth-order valence-electron chi connectivity index (χ4n) is 1.93. The highest BCUT2D eigenvalue weighted by molar-refractivity contribution is 5.83. The Bertz CT molecular complexity index is 760. The zero-order valence-corrected chi connectivity index (χ0v) is 12.4. The molecule has 0 fully saturated rings. The first-order chi connectivity index (χ1) is 10.9. The molecule has 1 amide bonds. The van der Waals surface area contributed by atoms with Crippen LogP contribution >= 0.6 is 0 Å². The molecule has 120 valence electrons. The Morgan fingerprint density at radius 3 is 2.43 bits per heavy atom. The van der Waals surface area contributed by atoms with Crippen molar-refractivity contribution in [3.63, 3.8) is 0 Å². The predicted molar refractivity (Wildman–Crippen MR) is 82.5 cm³/mol. The summed E-state index contributed by atoms with van der Waals surface area (Å²) in [5.41, 5.74) is 0.902. The van der Waals surface area contributed by atoms with E-state index in [1.807, 2.05) is 0 Å². The van der Waals surface area contributed by atoms with Gasteiger partial charge >= 0.3 is 6.09 Å². The van der Waals surface area contributed by atoms with Crippen LogP contribution in [0.5, 0.6) is 17.2 Å². The van der Waals surface area contributed by atoms with Gasteiger partial charge in [0.05, 0.1) is 12.0 Å². The molecule has 0 aliphatic carbocycles. The van der Waals surface area contributed by atoms with E-state index in [1.54, 1.807) is 13.0 Å². The third-order valence-electron chi connectivity index (χ3n) is 3.00. The van der Waals surface area contributed by atoms with Gasteiger partial charge in [-0.05, 0) is 30.7 Å². The van der Waals surface area contributed by atoms with Crippen LogP contribution in [0.3, 0.4) is 0 Å². The van der Waals surface area contributed by atoms with Gasteiger partial charge in [0.2, 0.25) is 0 Å². The quantitative estimate of drug-likeness (QED) is 0.641. The summed E-state index contributed by atoms with van der Waals surface area (Å²) in [5.74, 6) is 1.13. The lowest BCUT2D eigenvalue weighted by Crippen LogP contribution is -2.07.